The van der Waals surface area contributed by atoms with Crippen LogP contribution in [-0.2, 0) is 0 Å². The maximum Gasteiger partial charge on any atom is 0.165 e. The number of rotatable bonds is 4. The number of halogens is 2. The van der Waals surface area contributed by atoms with Crippen LogP contribution in [0, 0.1) is 5.82 Å². The van der Waals surface area contributed by atoms with Crippen LogP contribution in [0.4, 0.5) is 4.39 Å². The lowest BCUT2D eigenvalue weighted by molar-refractivity contribution is 0.440. The van der Waals surface area contributed by atoms with Crippen LogP contribution in [0.3, 0.4) is 0 Å². The van der Waals surface area contributed by atoms with Gasteiger partial charge in [0, 0.05) is 10.5 Å². The van der Waals surface area contributed by atoms with Crippen molar-refractivity contribution in [3.63, 3.8) is 0 Å². The minimum absolute atomic E-state index is 0.212. The molecule has 100 valence electrons. The first-order valence-electron chi connectivity index (χ1n) is 6.00. The van der Waals surface area contributed by atoms with Gasteiger partial charge < -0.3 is 10.1 Å². The van der Waals surface area contributed by atoms with E-state index in [4.69, 9.17) is 4.74 Å². The highest BCUT2D eigenvalue weighted by Gasteiger charge is 2.08. The van der Waals surface area contributed by atoms with E-state index in [0.717, 1.165) is 10.0 Å². The van der Waals surface area contributed by atoms with Crippen LogP contribution in [-0.4, -0.2) is 7.05 Å². The van der Waals surface area contributed by atoms with Gasteiger partial charge in [-0.2, -0.15) is 0 Å². The number of benzene rings is 2. The summed E-state index contributed by atoms with van der Waals surface area (Å²) in [5.41, 5.74) is 1.09. The molecule has 0 amide bonds. The quantitative estimate of drug-likeness (QED) is 0.883. The van der Waals surface area contributed by atoms with Crippen LogP contribution in [0.2, 0.25) is 0 Å². The molecule has 0 aliphatic rings. The predicted octanol–water partition coefficient (Wildman–Crippen LogP) is 4.66. The highest BCUT2D eigenvalue weighted by molar-refractivity contribution is 9.10. The first kappa shape index (κ1) is 14.0. The standard InChI is InChI=1S/C15H15BrFNO/c1-10(18-2)11-4-3-5-13(8-11)19-15-9-12(16)6-7-14(15)17/h3-10,18H,1-2H3. The van der Waals surface area contributed by atoms with Crippen molar-refractivity contribution in [3.05, 3.63) is 58.3 Å². The fraction of sp³-hybridized carbons (Fsp3) is 0.200. The Hall–Kier alpha value is -1.39. The van der Waals surface area contributed by atoms with E-state index in [9.17, 15) is 4.39 Å². The molecule has 2 aromatic carbocycles. The van der Waals surface area contributed by atoms with Gasteiger partial charge in [-0.05, 0) is 49.9 Å². The predicted molar refractivity (Wildman–Crippen MR) is 78.1 cm³/mol. The molecule has 0 saturated carbocycles. The molecule has 0 aliphatic carbocycles. The normalized spacial score (nSPS) is 12.2. The summed E-state index contributed by atoms with van der Waals surface area (Å²) >= 11 is 3.30. The lowest BCUT2D eigenvalue weighted by Crippen LogP contribution is -2.12. The Morgan fingerprint density at radius 2 is 2.00 bits per heavy atom. The Morgan fingerprint density at radius 1 is 1.21 bits per heavy atom. The molecule has 19 heavy (non-hydrogen) atoms. The second kappa shape index (κ2) is 6.17. The molecule has 1 unspecified atom stereocenters. The highest BCUT2D eigenvalue weighted by atomic mass is 79.9. The van der Waals surface area contributed by atoms with Crippen molar-refractivity contribution in [1.29, 1.82) is 0 Å². The Kier molecular flexibility index (Phi) is 4.56. The van der Waals surface area contributed by atoms with Gasteiger partial charge in [0.05, 0.1) is 0 Å². The van der Waals surface area contributed by atoms with Gasteiger partial charge in [-0.1, -0.05) is 28.1 Å². The number of ether oxygens (including phenoxy) is 1. The Labute approximate surface area is 120 Å². The zero-order valence-electron chi connectivity index (χ0n) is 10.8. The lowest BCUT2D eigenvalue weighted by Gasteiger charge is -2.13. The first-order chi connectivity index (χ1) is 9.10. The van der Waals surface area contributed by atoms with Crippen molar-refractivity contribution >= 4 is 15.9 Å². The summed E-state index contributed by atoms with van der Waals surface area (Å²) in [6, 6.07) is 12.5. The van der Waals surface area contributed by atoms with Gasteiger partial charge >= 0.3 is 0 Å². The summed E-state index contributed by atoms with van der Waals surface area (Å²) in [7, 11) is 1.90. The molecule has 4 heteroatoms. The van der Waals surface area contributed by atoms with Crippen LogP contribution < -0.4 is 10.1 Å². The molecule has 0 spiro atoms. The van der Waals surface area contributed by atoms with Gasteiger partial charge in [-0.15, -0.1) is 0 Å². The van der Waals surface area contributed by atoms with E-state index in [1.807, 2.05) is 31.3 Å². The second-order valence-electron chi connectivity index (χ2n) is 4.26. The lowest BCUT2D eigenvalue weighted by atomic mass is 10.1. The fourth-order valence-electron chi connectivity index (χ4n) is 1.70. The van der Waals surface area contributed by atoms with Gasteiger partial charge in [0.2, 0.25) is 0 Å². The van der Waals surface area contributed by atoms with Gasteiger partial charge in [-0.25, -0.2) is 4.39 Å². The molecule has 0 bridgehead atoms. The molecule has 0 aliphatic heterocycles. The van der Waals surface area contributed by atoms with Crippen molar-refractivity contribution in [3.8, 4) is 11.5 Å². The Bertz CT molecular complexity index is 574. The largest absolute Gasteiger partial charge is 0.454 e. The van der Waals surface area contributed by atoms with E-state index in [2.05, 4.69) is 28.2 Å². The summed E-state index contributed by atoms with van der Waals surface area (Å²) in [5, 5.41) is 3.16. The molecule has 0 aromatic heterocycles. The van der Waals surface area contributed by atoms with Crippen molar-refractivity contribution in [2.45, 2.75) is 13.0 Å². The average Bonchev–Trinajstić information content (AvgIpc) is 2.42. The summed E-state index contributed by atoms with van der Waals surface area (Å²) < 4.78 is 20.0. The third-order valence-corrected chi connectivity index (χ3v) is 3.41. The Morgan fingerprint density at radius 3 is 2.74 bits per heavy atom. The van der Waals surface area contributed by atoms with Gasteiger partial charge in [-0.3, -0.25) is 0 Å². The third-order valence-electron chi connectivity index (χ3n) is 2.91. The van der Waals surface area contributed by atoms with E-state index in [0.29, 0.717) is 5.75 Å². The molecule has 2 nitrogen and oxygen atoms in total. The summed E-state index contributed by atoms with van der Waals surface area (Å²) in [5.74, 6) is 0.454. The number of nitrogens with one attached hydrogen (secondary N) is 1. The summed E-state index contributed by atoms with van der Waals surface area (Å²) in [4.78, 5) is 0. The average molecular weight is 324 g/mol. The van der Waals surface area contributed by atoms with E-state index >= 15 is 0 Å². The van der Waals surface area contributed by atoms with Gasteiger partial charge in [0.25, 0.3) is 0 Å². The van der Waals surface area contributed by atoms with Crippen molar-refractivity contribution in [2.75, 3.05) is 7.05 Å². The second-order valence-corrected chi connectivity index (χ2v) is 5.18. The monoisotopic (exact) mass is 323 g/mol. The Balaban J connectivity index is 2.26. The number of hydrogen-bond donors (Lipinski definition) is 1. The van der Waals surface area contributed by atoms with E-state index in [-0.39, 0.29) is 17.6 Å². The number of hydrogen-bond acceptors (Lipinski definition) is 2. The minimum atomic E-state index is -0.379. The molecule has 0 fully saturated rings. The maximum absolute atomic E-state index is 13.6. The third kappa shape index (κ3) is 3.55. The molecule has 2 rings (SSSR count). The van der Waals surface area contributed by atoms with Crippen LogP contribution in [0.15, 0.2) is 46.9 Å². The van der Waals surface area contributed by atoms with Crippen molar-refractivity contribution in [1.82, 2.24) is 5.32 Å². The zero-order chi connectivity index (χ0) is 13.8. The molecule has 2 aromatic rings. The topological polar surface area (TPSA) is 21.3 Å². The van der Waals surface area contributed by atoms with Crippen LogP contribution in [0.1, 0.15) is 18.5 Å². The molecular formula is C15H15BrFNO. The van der Waals surface area contributed by atoms with Crippen LogP contribution in [0.5, 0.6) is 11.5 Å². The molecule has 0 radical (unpaired) electrons. The molecular weight excluding hydrogens is 309 g/mol. The molecule has 0 saturated heterocycles. The molecule has 0 heterocycles. The summed E-state index contributed by atoms with van der Waals surface area (Å²) in [6.45, 7) is 2.05. The van der Waals surface area contributed by atoms with Crippen molar-refractivity contribution < 1.29 is 9.13 Å². The van der Waals surface area contributed by atoms with Gasteiger partial charge in [0.1, 0.15) is 5.75 Å². The smallest absolute Gasteiger partial charge is 0.165 e. The first-order valence-corrected chi connectivity index (χ1v) is 6.79. The minimum Gasteiger partial charge on any atom is -0.454 e. The molecule has 1 atom stereocenters. The van der Waals surface area contributed by atoms with Gasteiger partial charge in [0.15, 0.2) is 11.6 Å². The van der Waals surface area contributed by atoms with Crippen molar-refractivity contribution in [2.24, 2.45) is 0 Å². The summed E-state index contributed by atoms with van der Waals surface area (Å²) in [6.07, 6.45) is 0. The SMILES string of the molecule is CNC(C)c1cccc(Oc2cc(Br)ccc2F)c1. The van der Waals surface area contributed by atoms with E-state index in [1.165, 1.54) is 6.07 Å². The highest BCUT2D eigenvalue weighted by Crippen LogP contribution is 2.28. The van der Waals surface area contributed by atoms with E-state index < -0.39 is 0 Å². The molecule has 1 N–H and O–H groups in total. The van der Waals surface area contributed by atoms with Crippen LogP contribution in [0.25, 0.3) is 0 Å². The van der Waals surface area contributed by atoms with Crippen LogP contribution >= 0.6 is 15.9 Å². The maximum atomic E-state index is 13.6. The fourth-order valence-corrected chi connectivity index (χ4v) is 2.04. The zero-order valence-corrected chi connectivity index (χ0v) is 12.4. The van der Waals surface area contributed by atoms with E-state index in [1.54, 1.807) is 12.1 Å².